The zero-order valence-corrected chi connectivity index (χ0v) is 12.4. The van der Waals surface area contributed by atoms with Crippen LogP contribution in [0.2, 0.25) is 0 Å². The number of nitrogens with one attached hydrogen (secondary N) is 1. The van der Waals surface area contributed by atoms with Gasteiger partial charge in [-0.2, -0.15) is 0 Å². The molecule has 5 nitrogen and oxygen atoms in total. The highest BCUT2D eigenvalue weighted by Crippen LogP contribution is 2.35. The zero-order valence-electron chi connectivity index (χ0n) is 12.4. The number of hydrazine groups is 1. The third-order valence-corrected chi connectivity index (χ3v) is 3.13. The molecule has 0 aliphatic rings. The van der Waals surface area contributed by atoms with Crippen LogP contribution in [0, 0.1) is 5.92 Å². The van der Waals surface area contributed by atoms with Crippen LogP contribution in [0.15, 0.2) is 18.2 Å². The van der Waals surface area contributed by atoms with E-state index in [1.165, 1.54) is 0 Å². The molecule has 1 aromatic carbocycles. The molecular formula is C15H21N3O2. The number of nitrogens with two attached hydrogens (primary N) is 1. The SMILES string of the molecule is COc1cc(OC)c2c(NN)cc(CC(C)C)nc2c1. The highest BCUT2D eigenvalue weighted by molar-refractivity contribution is 5.97. The van der Waals surface area contributed by atoms with E-state index in [0.29, 0.717) is 17.4 Å². The summed E-state index contributed by atoms with van der Waals surface area (Å²) in [7, 11) is 3.25. The number of pyridine rings is 1. The number of ether oxygens (including phenoxy) is 2. The Kier molecular flexibility index (Phi) is 4.29. The quantitative estimate of drug-likeness (QED) is 0.648. The molecule has 0 aliphatic carbocycles. The number of hydrogen-bond acceptors (Lipinski definition) is 5. The summed E-state index contributed by atoms with van der Waals surface area (Å²) >= 11 is 0. The van der Waals surface area contributed by atoms with Gasteiger partial charge in [0.05, 0.1) is 30.8 Å². The van der Waals surface area contributed by atoms with E-state index in [9.17, 15) is 0 Å². The van der Waals surface area contributed by atoms with E-state index in [1.807, 2.05) is 18.2 Å². The third-order valence-electron chi connectivity index (χ3n) is 3.13. The summed E-state index contributed by atoms with van der Waals surface area (Å²) in [6.45, 7) is 4.32. The van der Waals surface area contributed by atoms with Crippen molar-refractivity contribution in [3.05, 3.63) is 23.9 Å². The van der Waals surface area contributed by atoms with Crippen molar-refractivity contribution < 1.29 is 9.47 Å². The average molecular weight is 275 g/mol. The average Bonchev–Trinajstić information content (AvgIpc) is 2.44. The number of fused-ring (bicyclic) bond motifs is 1. The van der Waals surface area contributed by atoms with Gasteiger partial charge in [0.15, 0.2) is 0 Å². The van der Waals surface area contributed by atoms with E-state index < -0.39 is 0 Å². The summed E-state index contributed by atoms with van der Waals surface area (Å²) in [5.41, 5.74) is 5.35. The number of aromatic nitrogens is 1. The monoisotopic (exact) mass is 275 g/mol. The van der Waals surface area contributed by atoms with Gasteiger partial charge in [-0.05, 0) is 18.4 Å². The molecule has 0 saturated heterocycles. The Labute approximate surface area is 119 Å². The van der Waals surface area contributed by atoms with Gasteiger partial charge < -0.3 is 14.9 Å². The van der Waals surface area contributed by atoms with Crippen molar-refractivity contribution in [2.75, 3.05) is 19.6 Å². The maximum atomic E-state index is 5.65. The molecule has 0 spiro atoms. The largest absolute Gasteiger partial charge is 0.497 e. The summed E-state index contributed by atoms with van der Waals surface area (Å²) in [6, 6.07) is 5.69. The highest BCUT2D eigenvalue weighted by Gasteiger charge is 2.13. The van der Waals surface area contributed by atoms with Crippen LogP contribution in [0.3, 0.4) is 0 Å². The molecule has 0 fully saturated rings. The Morgan fingerprint density at radius 2 is 1.95 bits per heavy atom. The molecule has 0 atom stereocenters. The van der Waals surface area contributed by atoms with E-state index in [-0.39, 0.29) is 0 Å². The predicted molar refractivity (Wildman–Crippen MR) is 81.2 cm³/mol. The lowest BCUT2D eigenvalue weighted by molar-refractivity contribution is 0.398. The first kappa shape index (κ1) is 14.4. The summed E-state index contributed by atoms with van der Waals surface area (Å²) in [5.74, 6) is 7.58. The molecule has 1 aromatic heterocycles. The molecule has 0 bridgehead atoms. The maximum absolute atomic E-state index is 5.65. The molecule has 5 heteroatoms. The Morgan fingerprint density at radius 1 is 1.20 bits per heavy atom. The standard InChI is InChI=1S/C15H21N3O2/c1-9(2)5-10-6-13(18-16)15-12(17-10)7-11(19-3)8-14(15)20-4/h6-9H,5,16H2,1-4H3,(H,17,18). The summed E-state index contributed by atoms with van der Waals surface area (Å²) in [5, 5.41) is 0.864. The molecular weight excluding hydrogens is 254 g/mol. The second-order valence-corrected chi connectivity index (χ2v) is 5.13. The van der Waals surface area contributed by atoms with Gasteiger partial charge in [-0.25, -0.2) is 0 Å². The van der Waals surface area contributed by atoms with Crippen LogP contribution in [0.1, 0.15) is 19.5 Å². The van der Waals surface area contributed by atoms with Crippen molar-refractivity contribution in [1.82, 2.24) is 4.98 Å². The number of rotatable bonds is 5. The molecule has 0 aliphatic heterocycles. The first-order valence-corrected chi connectivity index (χ1v) is 6.61. The molecule has 108 valence electrons. The summed E-state index contributed by atoms with van der Waals surface area (Å²) in [6.07, 6.45) is 0.893. The normalized spacial score (nSPS) is 10.9. The van der Waals surface area contributed by atoms with Gasteiger partial charge in [0.25, 0.3) is 0 Å². The van der Waals surface area contributed by atoms with Crippen LogP contribution in [-0.4, -0.2) is 19.2 Å². The van der Waals surface area contributed by atoms with Crippen molar-refractivity contribution >= 4 is 16.6 Å². The van der Waals surface area contributed by atoms with Gasteiger partial charge in [-0.1, -0.05) is 13.8 Å². The van der Waals surface area contributed by atoms with E-state index in [4.69, 9.17) is 15.3 Å². The first-order chi connectivity index (χ1) is 9.58. The lowest BCUT2D eigenvalue weighted by Gasteiger charge is -2.14. The molecule has 0 amide bonds. The van der Waals surface area contributed by atoms with E-state index >= 15 is 0 Å². The number of benzene rings is 1. The van der Waals surface area contributed by atoms with Crippen molar-refractivity contribution in [3.63, 3.8) is 0 Å². The van der Waals surface area contributed by atoms with E-state index in [1.54, 1.807) is 14.2 Å². The minimum atomic E-state index is 0.526. The van der Waals surface area contributed by atoms with Crippen molar-refractivity contribution in [2.24, 2.45) is 11.8 Å². The maximum Gasteiger partial charge on any atom is 0.134 e. The zero-order chi connectivity index (χ0) is 14.7. The number of nitrogen functional groups attached to an aromatic ring is 1. The van der Waals surface area contributed by atoms with E-state index in [2.05, 4.69) is 24.3 Å². The Balaban J connectivity index is 2.69. The van der Waals surface area contributed by atoms with Crippen LogP contribution in [-0.2, 0) is 6.42 Å². The fourth-order valence-corrected chi connectivity index (χ4v) is 2.28. The highest BCUT2D eigenvalue weighted by atomic mass is 16.5. The van der Waals surface area contributed by atoms with Crippen LogP contribution in [0.5, 0.6) is 11.5 Å². The van der Waals surface area contributed by atoms with Crippen LogP contribution >= 0.6 is 0 Å². The van der Waals surface area contributed by atoms with Crippen molar-refractivity contribution in [3.8, 4) is 11.5 Å². The minimum absolute atomic E-state index is 0.526. The molecule has 2 aromatic rings. The molecule has 20 heavy (non-hydrogen) atoms. The van der Waals surface area contributed by atoms with Crippen molar-refractivity contribution in [1.29, 1.82) is 0 Å². The van der Waals surface area contributed by atoms with Gasteiger partial charge in [0.1, 0.15) is 11.5 Å². The fraction of sp³-hybridized carbons (Fsp3) is 0.400. The smallest absolute Gasteiger partial charge is 0.134 e. The van der Waals surface area contributed by atoms with Gasteiger partial charge in [-0.15, -0.1) is 0 Å². The summed E-state index contributed by atoms with van der Waals surface area (Å²) in [4.78, 5) is 4.69. The lowest BCUT2D eigenvalue weighted by Crippen LogP contribution is -2.09. The molecule has 3 N–H and O–H groups in total. The molecule has 0 radical (unpaired) electrons. The topological polar surface area (TPSA) is 69.4 Å². The first-order valence-electron chi connectivity index (χ1n) is 6.61. The van der Waals surface area contributed by atoms with E-state index in [0.717, 1.165) is 28.7 Å². The lowest BCUT2D eigenvalue weighted by atomic mass is 10.0. The second-order valence-electron chi connectivity index (χ2n) is 5.13. The van der Waals surface area contributed by atoms with Gasteiger partial charge in [0, 0.05) is 17.8 Å². The number of hydrogen-bond donors (Lipinski definition) is 2. The molecule has 0 saturated carbocycles. The van der Waals surface area contributed by atoms with Gasteiger partial charge in [-0.3, -0.25) is 10.8 Å². The van der Waals surface area contributed by atoms with Crippen LogP contribution in [0.25, 0.3) is 10.9 Å². The van der Waals surface area contributed by atoms with Gasteiger partial charge >= 0.3 is 0 Å². The van der Waals surface area contributed by atoms with Crippen molar-refractivity contribution in [2.45, 2.75) is 20.3 Å². The predicted octanol–water partition coefficient (Wildman–Crippen LogP) is 2.74. The number of anilines is 1. The Bertz CT molecular complexity index is 612. The van der Waals surface area contributed by atoms with Gasteiger partial charge in [0.2, 0.25) is 0 Å². The molecule has 2 rings (SSSR count). The third kappa shape index (κ3) is 2.77. The molecule has 0 unspecified atom stereocenters. The fourth-order valence-electron chi connectivity index (χ4n) is 2.28. The second kappa shape index (κ2) is 5.96. The van der Waals surface area contributed by atoms with Crippen LogP contribution < -0.4 is 20.7 Å². The minimum Gasteiger partial charge on any atom is -0.497 e. The Morgan fingerprint density at radius 3 is 2.50 bits per heavy atom. The van der Waals surface area contributed by atoms with Crippen LogP contribution in [0.4, 0.5) is 5.69 Å². The Hall–Kier alpha value is -2.01. The number of nitrogens with zero attached hydrogens (tertiary/aromatic N) is 1. The molecule has 1 heterocycles. The summed E-state index contributed by atoms with van der Waals surface area (Å²) < 4.78 is 10.7. The number of methoxy groups -OCH3 is 2.